The fourth-order valence-electron chi connectivity index (χ4n) is 1.46. The molecule has 0 radical (unpaired) electrons. The average Bonchev–Trinajstić information content (AvgIpc) is 2.38. The van der Waals surface area contributed by atoms with Gasteiger partial charge in [0.05, 0.1) is 7.11 Å². The van der Waals surface area contributed by atoms with Gasteiger partial charge in [0.25, 0.3) is 17.5 Å². The van der Waals surface area contributed by atoms with Crippen LogP contribution in [0.15, 0.2) is 35.1 Å². The highest BCUT2D eigenvalue weighted by Gasteiger charge is 2.19. The molecule has 0 saturated carbocycles. The van der Waals surface area contributed by atoms with E-state index in [1.54, 1.807) is 30.3 Å². The van der Waals surface area contributed by atoms with E-state index in [2.05, 4.69) is 20.0 Å². The van der Waals surface area contributed by atoms with E-state index in [0.29, 0.717) is 5.69 Å². The summed E-state index contributed by atoms with van der Waals surface area (Å²) in [6.07, 6.45) is 0. The molecule has 1 heterocycles. The number of aromatic nitrogens is 2. The van der Waals surface area contributed by atoms with Crippen LogP contribution in [0.2, 0.25) is 0 Å². The van der Waals surface area contributed by atoms with Crippen LogP contribution in [0, 0.1) is 0 Å². The van der Waals surface area contributed by atoms with Gasteiger partial charge in [-0.3, -0.25) is 14.6 Å². The molecule has 0 fully saturated rings. The van der Waals surface area contributed by atoms with Crippen LogP contribution < -0.4 is 15.6 Å². The van der Waals surface area contributed by atoms with Crippen LogP contribution >= 0.6 is 0 Å². The number of benzene rings is 1. The molecular formula is C12H11N3O4. The molecule has 1 aromatic heterocycles. The summed E-state index contributed by atoms with van der Waals surface area (Å²) in [6, 6.07) is 8.38. The van der Waals surface area contributed by atoms with Gasteiger partial charge >= 0.3 is 0 Å². The minimum atomic E-state index is -0.780. The van der Waals surface area contributed by atoms with E-state index in [4.69, 9.17) is 0 Å². The Morgan fingerprint density at radius 2 is 2.05 bits per heavy atom. The number of nitrogens with zero attached hydrogens (tertiary/aromatic N) is 1. The summed E-state index contributed by atoms with van der Waals surface area (Å²) in [5.41, 5.74) is -0.746. The van der Waals surface area contributed by atoms with Crippen molar-refractivity contribution in [2.75, 3.05) is 12.4 Å². The first-order valence-corrected chi connectivity index (χ1v) is 5.35. The minimum Gasteiger partial charge on any atom is -0.492 e. The number of carbonyl (C=O) groups is 1. The largest absolute Gasteiger partial charge is 0.492 e. The van der Waals surface area contributed by atoms with E-state index in [9.17, 15) is 14.7 Å². The maximum Gasteiger partial charge on any atom is 0.299 e. The lowest BCUT2D eigenvalue weighted by molar-refractivity contribution is 0.102. The Morgan fingerprint density at radius 1 is 1.37 bits per heavy atom. The van der Waals surface area contributed by atoms with Crippen LogP contribution in [0.3, 0.4) is 0 Å². The number of nitrogens with one attached hydrogen (secondary N) is 2. The second kappa shape index (κ2) is 5.21. The van der Waals surface area contributed by atoms with Crippen molar-refractivity contribution in [3.05, 3.63) is 46.2 Å². The van der Waals surface area contributed by atoms with Crippen LogP contribution in [-0.4, -0.2) is 28.1 Å². The van der Waals surface area contributed by atoms with E-state index < -0.39 is 22.9 Å². The first-order valence-electron chi connectivity index (χ1n) is 5.35. The second-order valence-electron chi connectivity index (χ2n) is 3.59. The van der Waals surface area contributed by atoms with E-state index in [0.717, 1.165) is 0 Å². The number of H-pyrrole nitrogens is 1. The van der Waals surface area contributed by atoms with Crippen LogP contribution in [0.4, 0.5) is 5.69 Å². The number of anilines is 1. The van der Waals surface area contributed by atoms with Crippen LogP contribution in [0.1, 0.15) is 10.4 Å². The molecule has 1 amide bonds. The van der Waals surface area contributed by atoms with E-state index in [1.165, 1.54) is 7.11 Å². The average molecular weight is 261 g/mol. The van der Waals surface area contributed by atoms with Gasteiger partial charge in [0.2, 0.25) is 5.88 Å². The summed E-state index contributed by atoms with van der Waals surface area (Å²) >= 11 is 0. The van der Waals surface area contributed by atoms with Crippen molar-refractivity contribution in [3.8, 4) is 11.9 Å². The SMILES string of the molecule is COc1nc(O)c(C(=O)Nc2ccccc2)c(=O)[nH]1. The number of aromatic hydroxyl groups is 1. The molecule has 2 rings (SSSR count). The highest BCUT2D eigenvalue weighted by Crippen LogP contribution is 2.14. The van der Waals surface area contributed by atoms with Gasteiger partial charge in [-0.2, -0.15) is 4.98 Å². The number of ether oxygens (including phenoxy) is 1. The Bertz CT molecular complexity index is 652. The van der Waals surface area contributed by atoms with Crippen molar-refractivity contribution in [2.45, 2.75) is 0 Å². The Kier molecular flexibility index (Phi) is 3.46. The summed E-state index contributed by atoms with van der Waals surface area (Å²) < 4.78 is 4.67. The summed E-state index contributed by atoms with van der Waals surface area (Å²) in [4.78, 5) is 29.3. The number of methoxy groups -OCH3 is 1. The van der Waals surface area contributed by atoms with Gasteiger partial charge in [-0.15, -0.1) is 0 Å². The molecule has 0 aliphatic carbocycles. The molecule has 7 heteroatoms. The van der Waals surface area contributed by atoms with Gasteiger partial charge < -0.3 is 15.2 Å². The first kappa shape index (κ1) is 12.6. The summed E-state index contributed by atoms with van der Waals surface area (Å²) in [5, 5.41) is 12.1. The quantitative estimate of drug-likeness (QED) is 0.755. The summed E-state index contributed by atoms with van der Waals surface area (Å²) in [6.45, 7) is 0. The standard InChI is InChI=1S/C12H11N3O4/c1-19-12-14-10(17)8(11(18)15-12)9(16)13-7-5-3-2-4-6-7/h2-6H,1H3,(H,13,16)(H2,14,15,17,18). The molecule has 2 aromatic rings. The van der Waals surface area contributed by atoms with E-state index >= 15 is 0 Å². The Labute approximate surface area is 107 Å². The van der Waals surface area contributed by atoms with Crippen molar-refractivity contribution in [1.82, 2.24) is 9.97 Å². The lowest BCUT2D eigenvalue weighted by atomic mass is 10.2. The normalized spacial score (nSPS) is 9.95. The fourth-order valence-corrected chi connectivity index (χ4v) is 1.46. The van der Waals surface area contributed by atoms with Gasteiger partial charge in [-0.1, -0.05) is 18.2 Å². The number of rotatable bonds is 3. The number of hydrogen-bond acceptors (Lipinski definition) is 5. The molecule has 19 heavy (non-hydrogen) atoms. The van der Waals surface area contributed by atoms with Crippen molar-refractivity contribution in [2.24, 2.45) is 0 Å². The zero-order valence-corrected chi connectivity index (χ0v) is 10.0. The molecule has 1 aromatic carbocycles. The molecule has 98 valence electrons. The second-order valence-corrected chi connectivity index (χ2v) is 3.59. The van der Waals surface area contributed by atoms with E-state index in [1.807, 2.05) is 0 Å². The smallest absolute Gasteiger partial charge is 0.299 e. The van der Waals surface area contributed by atoms with Crippen LogP contribution in [-0.2, 0) is 0 Å². The Balaban J connectivity index is 2.32. The molecule has 0 atom stereocenters. The number of carbonyl (C=O) groups excluding carboxylic acids is 1. The maximum absolute atomic E-state index is 11.9. The third kappa shape index (κ3) is 2.71. The maximum atomic E-state index is 11.9. The fraction of sp³-hybridized carbons (Fsp3) is 0.0833. The first-order chi connectivity index (χ1) is 9.11. The summed E-state index contributed by atoms with van der Waals surface area (Å²) in [7, 11) is 1.28. The van der Waals surface area contributed by atoms with E-state index in [-0.39, 0.29) is 6.01 Å². The number of hydrogen-bond donors (Lipinski definition) is 3. The van der Waals surface area contributed by atoms with Gasteiger partial charge in [0, 0.05) is 5.69 Å². The lowest BCUT2D eigenvalue weighted by Gasteiger charge is -2.06. The van der Waals surface area contributed by atoms with Crippen molar-refractivity contribution >= 4 is 11.6 Å². The third-order valence-electron chi connectivity index (χ3n) is 2.33. The van der Waals surface area contributed by atoms with Gasteiger partial charge in [0.15, 0.2) is 5.56 Å². The zero-order valence-electron chi connectivity index (χ0n) is 10.0. The Morgan fingerprint density at radius 3 is 2.63 bits per heavy atom. The highest BCUT2D eigenvalue weighted by molar-refractivity contribution is 6.05. The molecule has 0 aliphatic rings. The monoisotopic (exact) mass is 261 g/mol. The molecule has 0 unspecified atom stereocenters. The zero-order chi connectivity index (χ0) is 13.8. The molecule has 7 nitrogen and oxygen atoms in total. The van der Waals surface area contributed by atoms with Crippen molar-refractivity contribution < 1.29 is 14.6 Å². The molecular weight excluding hydrogens is 250 g/mol. The molecule has 0 bridgehead atoms. The van der Waals surface area contributed by atoms with Crippen molar-refractivity contribution in [1.29, 1.82) is 0 Å². The minimum absolute atomic E-state index is 0.168. The summed E-state index contributed by atoms with van der Waals surface area (Å²) in [5.74, 6) is -1.44. The molecule has 0 aliphatic heterocycles. The third-order valence-corrected chi connectivity index (χ3v) is 2.33. The number of aromatic amines is 1. The number of amides is 1. The molecule has 3 N–H and O–H groups in total. The predicted molar refractivity (Wildman–Crippen MR) is 67.5 cm³/mol. The van der Waals surface area contributed by atoms with Gasteiger partial charge in [-0.05, 0) is 12.1 Å². The van der Waals surface area contributed by atoms with Gasteiger partial charge in [-0.25, -0.2) is 0 Å². The van der Waals surface area contributed by atoms with Crippen LogP contribution in [0.25, 0.3) is 0 Å². The van der Waals surface area contributed by atoms with Gasteiger partial charge in [0.1, 0.15) is 0 Å². The Hall–Kier alpha value is -2.83. The predicted octanol–water partition coefficient (Wildman–Crippen LogP) is 0.736. The molecule has 0 saturated heterocycles. The lowest BCUT2D eigenvalue weighted by Crippen LogP contribution is -2.24. The van der Waals surface area contributed by atoms with Crippen LogP contribution in [0.5, 0.6) is 11.9 Å². The van der Waals surface area contributed by atoms with Crippen molar-refractivity contribution in [3.63, 3.8) is 0 Å². The highest BCUT2D eigenvalue weighted by atomic mass is 16.5. The number of para-hydroxylation sites is 1. The topological polar surface area (TPSA) is 104 Å². The molecule has 0 spiro atoms.